The molecule has 0 saturated heterocycles. The van der Waals surface area contributed by atoms with Gasteiger partial charge in [-0.3, -0.25) is 0 Å². The minimum absolute atomic E-state index is 0.0763. The van der Waals surface area contributed by atoms with Gasteiger partial charge in [-0.15, -0.1) is 11.6 Å². The Morgan fingerprint density at radius 1 is 1.25 bits per heavy atom. The van der Waals surface area contributed by atoms with E-state index in [2.05, 4.69) is 0 Å². The van der Waals surface area contributed by atoms with Crippen LogP contribution in [0.15, 0.2) is 24.3 Å². The average Bonchev–Trinajstić information content (AvgIpc) is 2.91. The van der Waals surface area contributed by atoms with Gasteiger partial charge in [-0.05, 0) is 54.6 Å². The highest BCUT2D eigenvalue weighted by atomic mass is 35.5. The minimum Gasteiger partial charge on any atom is -0.207 e. The Kier molecular flexibility index (Phi) is 2.47. The van der Waals surface area contributed by atoms with Crippen LogP contribution in [0.5, 0.6) is 0 Å². The molecule has 0 spiro atoms. The number of hydrogen-bond acceptors (Lipinski definition) is 0. The largest absolute Gasteiger partial charge is 0.207 e. The molecule has 2 aliphatic carbocycles. The third kappa shape index (κ3) is 1.75. The molecule has 0 radical (unpaired) electrons. The first-order valence-corrected chi connectivity index (χ1v) is 6.55. The van der Waals surface area contributed by atoms with Crippen LogP contribution < -0.4 is 0 Å². The van der Waals surface area contributed by atoms with Crippen molar-refractivity contribution in [3.05, 3.63) is 35.6 Å². The summed E-state index contributed by atoms with van der Waals surface area (Å²) in [7, 11) is 0. The molecule has 0 nitrogen and oxygen atoms in total. The fourth-order valence-corrected chi connectivity index (χ4v) is 3.67. The van der Waals surface area contributed by atoms with E-state index in [1.165, 1.54) is 19.3 Å². The molecule has 3 rings (SSSR count). The van der Waals surface area contributed by atoms with E-state index in [0.29, 0.717) is 5.88 Å². The summed E-state index contributed by atoms with van der Waals surface area (Å²) < 4.78 is 13.6. The first-order chi connectivity index (χ1) is 7.72. The van der Waals surface area contributed by atoms with E-state index in [9.17, 15) is 4.39 Å². The molecule has 0 heterocycles. The Morgan fingerprint density at radius 2 is 1.94 bits per heavy atom. The van der Waals surface area contributed by atoms with Crippen molar-refractivity contribution in [2.45, 2.75) is 25.7 Å². The Morgan fingerprint density at radius 3 is 2.56 bits per heavy atom. The summed E-state index contributed by atoms with van der Waals surface area (Å²) in [6.07, 6.45) is 4.61. The quantitative estimate of drug-likeness (QED) is 0.698. The Labute approximate surface area is 101 Å². The Balaban J connectivity index is 1.80. The molecule has 0 amide bonds. The highest BCUT2D eigenvalue weighted by molar-refractivity contribution is 6.18. The monoisotopic (exact) mass is 238 g/mol. The van der Waals surface area contributed by atoms with Crippen LogP contribution in [0.2, 0.25) is 0 Å². The molecule has 1 aromatic carbocycles. The van der Waals surface area contributed by atoms with Gasteiger partial charge in [0.1, 0.15) is 5.82 Å². The van der Waals surface area contributed by atoms with Gasteiger partial charge in [-0.2, -0.15) is 0 Å². The van der Waals surface area contributed by atoms with Gasteiger partial charge in [-0.1, -0.05) is 18.2 Å². The standard InChI is InChI=1S/C14H16ClF/c15-9-14(7-11-5-12(11)8-14)6-10-3-1-2-4-13(10)16/h1-4,11-12H,5-9H2. The molecular weight excluding hydrogens is 223 g/mol. The van der Waals surface area contributed by atoms with Crippen molar-refractivity contribution in [2.75, 3.05) is 5.88 Å². The van der Waals surface area contributed by atoms with Crippen LogP contribution in [0.1, 0.15) is 24.8 Å². The van der Waals surface area contributed by atoms with Crippen molar-refractivity contribution >= 4 is 11.6 Å². The summed E-state index contributed by atoms with van der Waals surface area (Å²) >= 11 is 6.13. The predicted molar refractivity (Wildman–Crippen MR) is 64.1 cm³/mol. The summed E-state index contributed by atoms with van der Waals surface area (Å²) in [5.41, 5.74) is 1.02. The molecule has 0 aliphatic heterocycles. The summed E-state index contributed by atoms with van der Waals surface area (Å²) in [5.74, 6) is 2.39. The van der Waals surface area contributed by atoms with Crippen molar-refractivity contribution in [1.82, 2.24) is 0 Å². The van der Waals surface area contributed by atoms with Gasteiger partial charge in [-0.25, -0.2) is 4.39 Å². The third-order valence-corrected chi connectivity index (χ3v) is 4.83. The molecule has 2 saturated carbocycles. The van der Waals surface area contributed by atoms with Gasteiger partial charge >= 0.3 is 0 Å². The molecule has 16 heavy (non-hydrogen) atoms. The zero-order chi connectivity index (χ0) is 11.2. The lowest BCUT2D eigenvalue weighted by Crippen LogP contribution is -2.24. The van der Waals surface area contributed by atoms with Crippen LogP contribution in [-0.2, 0) is 6.42 Å². The van der Waals surface area contributed by atoms with Crippen LogP contribution >= 0.6 is 11.6 Å². The van der Waals surface area contributed by atoms with Gasteiger partial charge in [0.15, 0.2) is 0 Å². The maximum Gasteiger partial charge on any atom is 0.126 e. The van der Waals surface area contributed by atoms with Crippen molar-refractivity contribution in [3.63, 3.8) is 0 Å². The fraction of sp³-hybridized carbons (Fsp3) is 0.571. The number of benzene rings is 1. The maximum atomic E-state index is 13.6. The molecule has 0 N–H and O–H groups in total. The lowest BCUT2D eigenvalue weighted by atomic mass is 9.79. The molecule has 86 valence electrons. The van der Waals surface area contributed by atoms with Gasteiger partial charge < -0.3 is 0 Å². The summed E-state index contributed by atoms with van der Waals surface area (Å²) in [6, 6.07) is 7.11. The number of halogens is 2. The number of fused-ring (bicyclic) bond motifs is 1. The van der Waals surface area contributed by atoms with Crippen molar-refractivity contribution in [2.24, 2.45) is 17.3 Å². The molecular formula is C14H16ClF. The van der Waals surface area contributed by atoms with Crippen LogP contribution in [0.25, 0.3) is 0 Å². The number of alkyl halides is 1. The Hall–Kier alpha value is -0.560. The lowest BCUT2D eigenvalue weighted by Gasteiger charge is -2.28. The predicted octanol–water partition coefficient (Wildman–Crippen LogP) is 4.02. The van der Waals surface area contributed by atoms with E-state index < -0.39 is 0 Å². The molecule has 2 heteroatoms. The van der Waals surface area contributed by atoms with E-state index in [1.807, 2.05) is 12.1 Å². The molecule has 0 aromatic heterocycles. The fourth-order valence-electron chi connectivity index (χ4n) is 3.35. The van der Waals surface area contributed by atoms with E-state index in [0.717, 1.165) is 23.8 Å². The second kappa shape index (κ2) is 3.73. The topological polar surface area (TPSA) is 0 Å². The van der Waals surface area contributed by atoms with Gasteiger partial charge in [0.25, 0.3) is 0 Å². The van der Waals surface area contributed by atoms with Crippen LogP contribution in [0, 0.1) is 23.1 Å². The lowest BCUT2D eigenvalue weighted by molar-refractivity contribution is 0.299. The second-order valence-corrected chi connectivity index (χ2v) is 5.83. The molecule has 1 aromatic rings. The second-order valence-electron chi connectivity index (χ2n) is 5.57. The number of hydrogen-bond donors (Lipinski definition) is 0. The Bertz CT molecular complexity index is 391. The summed E-state index contributed by atoms with van der Waals surface area (Å²) in [6.45, 7) is 0. The van der Waals surface area contributed by atoms with Crippen molar-refractivity contribution < 1.29 is 4.39 Å². The molecule has 0 bridgehead atoms. The normalized spacial score (nSPS) is 36.1. The minimum atomic E-state index is -0.0763. The number of rotatable bonds is 3. The first-order valence-electron chi connectivity index (χ1n) is 6.02. The third-order valence-electron chi connectivity index (χ3n) is 4.27. The maximum absolute atomic E-state index is 13.6. The zero-order valence-corrected chi connectivity index (χ0v) is 10.0. The van der Waals surface area contributed by atoms with Crippen LogP contribution in [-0.4, -0.2) is 5.88 Å². The molecule has 2 atom stereocenters. The van der Waals surface area contributed by atoms with E-state index in [-0.39, 0.29) is 11.2 Å². The zero-order valence-electron chi connectivity index (χ0n) is 9.26. The van der Waals surface area contributed by atoms with Crippen LogP contribution in [0.4, 0.5) is 4.39 Å². The highest BCUT2D eigenvalue weighted by Crippen LogP contribution is 2.61. The molecule has 2 fully saturated rings. The van der Waals surface area contributed by atoms with E-state index >= 15 is 0 Å². The summed E-state index contributed by atoms with van der Waals surface area (Å²) in [5, 5.41) is 0. The summed E-state index contributed by atoms with van der Waals surface area (Å²) in [4.78, 5) is 0. The van der Waals surface area contributed by atoms with Crippen molar-refractivity contribution in [1.29, 1.82) is 0 Å². The van der Waals surface area contributed by atoms with Crippen LogP contribution in [0.3, 0.4) is 0 Å². The van der Waals surface area contributed by atoms with Gasteiger partial charge in [0, 0.05) is 5.88 Å². The SMILES string of the molecule is Fc1ccccc1CC1(CCl)CC2CC2C1. The smallest absolute Gasteiger partial charge is 0.126 e. The van der Waals surface area contributed by atoms with Crippen molar-refractivity contribution in [3.8, 4) is 0 Å². The highest BCUT2D eigenvalue weighted by Gasteiger charge is 2.53. The van der Waals surface area contributed by atoms with E-state index in [4.69, 9.17) is 11.6 Å². The first kappa shape index (κ1) is 10.6. The average molecular weight is 239 g/mol. The molecule has 2 unspecified atom stereocenters. The van der Waals surface area contributed by atoms with E-state index in [1.54, 1.807) is 12.1 Å². The van der Waals surface area contributed by atoms with Gasteiger partial charge in [0.2, 0.25) is 0 Å². The van der Waals surface area contributed by atoms with Gasteiger partial charge in [0.05, 0.1) is 0 Å². The molecule has 2 aliphatic rings.